The van der Waals surface area contributed by atoms with Crippen molar-refractivity contribution in [1.82, 2.24) is 10.1 Å². The molecule has 3 aromatic heterocycles. The van der Waals surface area contributed by atoms with Crippen LogP contribution in [-0.2, 0) is 0 Å². The molecule has 0 aromatic carbocycles. The molecule has 3 heterocycles. The van der Waals surface area contributed by atoms with E-state index in [1.807, 2.05) is 22.9 Å². The molecule has 0 atom stereocenters. The highest BCUT2D eigenvalue weighted by Gasteiger charge is 2.15. The van der Waals surface area contributed by atoms with Crippen molar-refractivity contribution in [3.8, 4) is 21.5 Å². The Bertz CT molecular complexity index is 658. The lowest BCUT2D eigenvalue weighted by molar-refractivity contribution is 0.433. The summed E-state index contributed by atoms with van der Waals surface area (Å²) >= 11 is 6.44. The number of nitrogens with zero attached hydrogens (tertiary/aromatic N) is 2. The first-order valence-electron chi connectivity index (χ1n) is 4.65. The van der Waals surface area contributed by atoms with Gasteiger partial charge in [-0.3, -0.25) is 0 Å². The molecule has 0 aliphatic carbocycles. The van der Waals surface area contributed by atoms with Crippen LogP contribution in [0.5, 0.6) is 0 Å². The number of rotatable bonds is 2. The predicted octanol–water partition coefficient (Wildman–Crippen LogP) is 3.87. The van der Waals surface area contributed by atoms with E-state index in [1.54, 1.807) is 11.3 Å². The molecule has 0 amide bonds. The van der Waals surface area contributed by atoms with E-state index in [-0.39, 0.29) is 0 Å². The average Bonchev–Trinajstić information content (AvgIpc) is 2.97. The van der Waals surface area contributed by atoms with Gasteiger partial charge in [0.1, 0.15) is 4.88 Å². The van der Waals surface area contributed by atoms with E-state index in [4.69, 9.17) is 10.3 Å². The average molecular weight is 328 g/mol. The minimum Gasteiger partial charge on any atom is -0.397 e. The first-order valence-corrected chi connectivity index (χ1v) is 7.21. The van der Waals surface area contributed by atoms with Gasteiger partial charge in [-0.2, -0.15) is 4.98 Å². The Morgan fingerprint density at radius 1 is 1.35 bits per heavy atom. The van der Waals surface area contributed by atoms with Crippen LogP contribution in [-0.4, -0.2) is 10.1 Å². The van der Waals surface area contributed by atoms with Crippen molar-refractivity contribution in [2.75, 3.05) is 5.73 Å². The van der Waals surface area contributed by atoms with Gasteiger partial charge in [0.25, 0.3) is 5.89 Å². The third kappa shape index (κ3) is 2.01. The van der Waals surface area contributed by atoms with E-state index < -0.39 is 0 Å². The maximum Gasteiger partial charge on any atom is 0.270 e. The molecule has 0 spiro atoms. The van der Waals surface area contributed by atoms with Crippen molar-refractivity contribution in [3.05, 3.63) is 27.4 Å². The highest BCUT2D eigenvalue weighted by Crippen LogP contribution is 2.33. The fourth-order valence-corrected chi connectivity index (χ4v) is 3.43. The van der Waals surface area contributed by atoms with Gasteiger partial charge in [-0.15, -0.1) is 22.7 Å². The number of halogens is 1. The van der Waals surface area contributed by atoms with Gasteiger partial charge in [0.05, 0.1) is 10.6 Å². The fraction of sp³-hybridized carbons (Fsp3) is 0. The Morgan fingerprint density at radius 3 is 2.88 bits per heavy atom. The Labute approximate surface area is 113 Å². The van der Waals surface area contributed by atoms with Crippen molar-refractivity contribution < 1.29 is 4.52 Å². The molecule has 0 fully saturated rings. The summed E-state index contributed by atoms with van der Waals surface area (Å²) in [7, 11) is 0. The summed E-state index contributed by atoms with van der Waals surface area (Å²) in [5.74, 6) is 1.06. The summed E-state index contributed by atoms with van der Waals surface area (Å²) in [5, 5.41) is 7.83. The van der Waals surface area contributed by atoms with Crippen molar-refractivity contribution >= 4 is 44.3 Å². The van der Waals surface area contributed by atoms with Gasteiger partial charge in [-0.25, -0.2) is 0 Å². The maximum absolute atomic E-state index is 5.80. The lowest BCUT2D eigenvalue weighted by Crippen LogP contribution is -1.83. The summed E-state index contributed by atoms with van der Waals surface area (Å²) < 4.78 is 6.23. The Balaban J connectivity index is 2.01. The molecule has 0 saturated heterocycles. The van der Waals surface area contributed by atoms with Gasteiger partial charge in [0.15, 0.2) is 0 Å². The van der Waals surface area contributed by atoms with Crippen LogP contribution in [0.1, 0.15) is 0 Å². The molecule has 4 nitrogen and oxygen atoms in total. The fourth-order valence-electron chi connectivity index (χ4n) is 1.34. The highest BCUT2D eigenvalue weighted by molar-refractivity contribution is 9.10. The molecule has 0 aliphatic rings. The minimum absolute atomic E-state index is 0.469. The quantitative estimate of drug-likeness (QED) is 0.775. The van der Waals surface area contributed by atoms with Crippen molar-refractivity contribution in [2.24, 2.45) is 0 Å². The molecule has 2 N–H and O–H groups in total. The van der Waals surface area contributed by atoms with Gasteiger partial charge in [-0.1, -0.05) is 5.16 Å². The van der Waals surface area contributed by atoms with E-state index in [0.717, 1.165) is 14.2 Å². The van der Waals surface area contributed by atoms with Crippen LogP contribution in [0.15, 0.2) is 31.9 Å². The Morgan fingerprint density at radius 2 is 2.24 bits per heavy atom. The molecule has 7 heteroatoms. The van der Waals surface area contributed by atoms with Crippen molar-refractivity contribution in [1.29, 1.82) is 0 Å². The summed E-state index contributed by atoms with van der Waals surface area (Å²) in [6.07, 6.45) is 0. The van der Waals surface area contributed by atoms with Crippen LogP contribution in [0.2, 0.25) is 0 Å². The van der Waals surface area contributed by atoms with Gasteiger partial charge >= 0.3 is 0 Å². The standard InChI is InChI=1S/C10H6BrN3OS2/c11-5-3-7(17-4-5)9-13-10(15-14-9)8-6(12)1-2-16-8/h1-4H,12H2. The third-order valence-electron chi connectivity index (χ3n) is 2.10. The van der Waals surface area contributed by atoms with Crippen LogP contribution in [0.3, 0.4) is 0 Å². The van der Waals surface area contributed by atoms with E-state index in [2.05, 4.69) is 26.1 Å². The van der Waals surface area contributed by atoms with Crippen LogP contribution in [0, 0.1) is 0 Å². The van der Waals surface area contributed by atoms with Crippen molar-refractivity contribution in [3.63, 3.8) is 0 Å². The number of hydrogen-bond donors (Lipinski definition) is 1. The summed E-state index contributed by atoms with van der Waals surface area (Å²) in [6.45, 7) is 0. The molecule has 86 valence electrons. The zero-order valence-corrected chi connectivity index (χ0v) is 11.6. The predicted molar refractivity (Wildman–Crippen MR) is 73.0 cm³/mol. The van der Waals surface area contributed by atoms with Crippen LogP contribution in [0.25, 0.3) is 21.5 Å². The van der Waals surface area contributed by atoms with Crippen molar-refractivity contribution in [2.45, 2.75) is 0 Å². The van der Waals surface area contributed by atoms with Gasteiger partial charge in [0, 0.05) is 9.85 Å². The van der Waals surface area contributed by atoms with E-state index >= 15 is 0 Å². The van der Waals surface area contributed by atoms with Crippen LogP contribution < -0.4 is 5.73 Å². The normalized spacial score (nSPS) is 10.9. The van der Waals surface area contributed by atoms with E-state index in [9.17, 15) is 0 Å². The zero-order valence-electron chi connectivity index (χ0n) is 8.38. The second-order valence-electron chi connectivity index (χ2n) is 3.26. The number of nitrogen functional groups attached to an aromatic ring is 1. The molecule has 3 rings (SSSR count). The number of anilines is 1. The largest absolute Gasteiger partial charge is 0.397 e. The Kier molecular flexibility index (Phi) is 2.73. The number of nitrogens with two attached hydrogens (primary N) is 1. The maximum atomic E-state index is 5.80. The topological polar surface area (TPSA) is 64.9 Å². The number of aromatic nitrogens is 2. The van der Waals surface area contributed by atoms with Crippen LogP contribution in [0.4, 0.5) is 5.69 Å². The highest BCUT2D eigenvalue weighted by atomic mass is 79.9. The summed E-state index contributed by atoms with van der Waals surface area (Å²) in [6, 6.07) is 3.78. The zero-order chi connectivity index (χ0) is 11.8. The first kappa shape index (κ1) is 10.9. The summed E-state index contributed by atoms with van der Waals surface area (Å²) in [5.41, 5.74) is 6.47. The molecule has 17 heavy (non-hydrogen) atoms. The molecule has 3 aromatic rings. The molecule has 0 aliphatic heterocycles. The summed E-state index contributed by atoms with van der Waals surface area (Å²) in [4.78, 5) is 6.12. The minimum atomic E-state index is 0.469. The SMILES string of the molecule is Nc1ccsc1-c1nc(-c2cc(Br)cs2)no1. The molecule has 0 saturated carbocycles. The first-order chi connectivity index (χ1) is 8.24. The molecular weight excluding hydrogens is 322 g/mol. The third-order valence-corrected chi connectivity index (χ3v) is 4.71. The van der Waals surface area contributed by atoms with Gasteiger partial charge in [0.2, 0.25) is 5.82 Å². The number of hydrogen-bond acceptors (Lipinski definition) is 6. The monoisotopic (exact) mass is 327 g/mol. The second-order valence-corrected chi connectivity index (χ2v) is 6.00. The molecule has 0 radical (unpaired) electrons. The lowest BCUT2D eigenvalue weighted by Gasteiger charge is -1.88. The Hall–Kier alpha value is -1.18. The van der Waals surface area contributed by atoms with E-state index in [1.165, 1.54) is 11.3 Å². The lowest BCUT2D eigenvalue weighted by atomic mass is 10.4. The second kappa shape index (κ2) is 4.25. The molecule has 0 bridgehead atoms. The van der Waals surface area contributed by atoms with Crippen LogP contribution >= 0.6 is 38.6 Å². The van der Waals surface area contributed by atoms with Gasteiger partial charge < -0.3 is 10.3 Å². The smallest absolute Gasteiger partial charge is 0.270 e. The number of thiophene rings is 2. The van der Waals surface area contributed by atoms with Gasteiger partial charge in [-0.05, 0) is 33.4 Å². The molecular formula is C10H6BrN3OS2. The molecule has 0 unspecified atom stereocenters. The van der Waals surface area contributed by atoms with E-state index in [0.29, 0.717) is 17.4 Å².